The summed E-state index contributed by atoms with van der Waals surface area (Å²) in [6, 6.07) is 0. The predicted molar refractivity (Wildman–Crippen MR) is 92.1 cm³/mol. The summed E-state index contributed by atoms with van der Waals surface area (Å²) >= 11 is 0. The van der Waals surface area contributed by atoms with E-state index in [4.69, 9.17) is 4.74 Å². The Hall–Kier alpha value is -0.770. The Morgan fingerprint density at radius 2 is 1.55 bits per heavy atom. The first-order chi connectivity index (χ1) is 10.1. The van der Waals surface area contributed by atoms with E-state index in [1.807, 2.05) is 25.7 Å². The van der Waals surface area contributed by atoms with Crippen LogP contribution in [-0.2, 0) is 4.74 Å². The zero-order chi connectivity index (χ0) is 17.0. The molecule has 1 rings (SSSR count). The lowest BCUT2D eigenvalue weighted by atomic mass is 9.82. The molecule has 0 aliphatic carbocycles. The molecule has 0 radical (unpaired) electrons. The predicted octanol–water partition coefficient (Wildman–Crippen LogP) is 4.14. The Balaban J connectivity index is 2.64. The van der Waals surface area contributed by atoms with Crippen molar-refractivity contribution in [1.82, 2.24) is 9.80 Å². The van der Waals surface area contributed by atoms with Crippen molar-refractivity contribution in [3.63, 3.8) is 0 Å². The molecule has 0 N–H and O–H groups in total. The SMILES string of the molecule is CCC(CC)(CC(C)C)N1CCN(C(=O)OC(C)(C)C)CC1. The van der Waals surface area contributed by atoms with Gasteiger partial charge in [0.25, 0.3) is 0 Å². The average molecular weight is 312 g/mol. The minimum absolute atomic E-state index is 0.172. The Bertz CT molecular complexity index is 349. The molecule has 0 aromatic heterocycles. The van der Waals surface area contributed by atoms with Crippen LogP contribution >= 0.6 is 0 Å². The summed E-state index contributed by atoms with van der Waals surface area (Å²) in [4.78, 5) is 16.6. The van der Waals surface area contributed by atoms with Gasteiger partial charge in [0.05, 0.1) is 0 Å². The van der Waals surface area contributed by atoms with Gasteiger partial charge in [0.1, 0.15) is 5.60 Å². The van der Waals surface area contributed by atoms with E-state index in [2.05, 4.69) is 32.6 Å². The molecule has 0 unspecified atom stereocenters. The Morgan fingerprint density at radius 1 is 1.05 bits per heavy atom. The normalized spacial score (nSPS) is 17.9. The molecule has 1 fully saturated rings. The van der Waals surface area contributed by atoms with E-state index in [1.54, 1.807) is 0 Å². The third-order valence-corrected chi connectivity index (χ3v) is 4.71. The summed E-state index contributed by atoms with van der Waals surface area (Å²) in [5.41, 5.74) is -0.128. The summed E-state index contributed by atoms with van der Waals surface area (Å²) in [5.74, 6) is 0.698. The van der Waals surface area contributed by atoms with Crippen LogP contribution < -0.4 is 0 Å². The zero-order valence-electron chi connectivity index (χ0n) is 15.7. The number of hydrogen-bond donors (Lipinski definition) is 0. The number of carbonyl (C=O) groups excluding carboxylic acids is 1. The number of hydrogen-bond acceptors (Lipinski definition) is 3. The zero-order valence-corrected chi connectivity index (χ0v) is 15.7. The van der Waals surface area contributed by atoms with E-state index in [9.17, 15) is 4.79 Å². The van der Waals surface area contributed by atoms with Crippen molar-refractivity contribution in [1.29, 1.82) is 0 Å². The highest BCUT2D eigenvalue weighted by Crippen LogP contribution is 2.32. The molecular formula is C18H36N2O2. The van der Waals surface area contributed by atoms with Crippen LogP contribution in [0, 0.1) is 5.92 Å². The van der Waals surface area contributed by atoms with E-state index in [-0.39, 0.29) is 11.6 Å². The van der Waals surface area contributed by atoms with Crippen molar-refractivity contribution in [3.05, 3.63) is 0 Å². The molecule has 130 valence electrons. The number of ether oxygens (including phenoxy) is 1. The van der Waals surface area contributed by atoms with Crippen LogP contribution in [0.4, 0.5) is 4.79 Å². The molecule has 4 nitrogen and oxygen atoms in total. The number of carbonyl (C=O) groups is 1. The van der Waals surface area contributed by atoms with Gasteiger partial charge in [-0.3, -0.25) is 4.90 Å². The van der Waals surface area contributed by atoms with Crippen molar-refractivity contribution in [2.24, 2.45) is 5.92 Å². The van der Waals surface area contributed by atoms with E-state index in [0.29, 0.717) is 5.92 Å². The number of amides is 1. The summed E-state index contributed by atoms with van der Waals surface area (Å²) in [6.45, 7) is 18.4. The van der Waals surface area contributed by atoms with Gasteiger partial charge in [-0.1, -0.05) is 27.7 Å². The standard InChI is InChI=1S/C18H36N2O2/c1-8-18(9-2,14-15(3)4)20-12-10-19(11-13-20)16(21)22-17(5,6)7/h15H,8-14H2,1-7H3. The molecule has 1 aliphatic heterocycles. The second kappa shape index (κ2) is 7.67. The molecule has 0 saturated carbocycles. The van der Waals surface area contributed by atoms with Crippen LogP contribution in [-0.4, -0.2) is 53.2 Å². The Morgan fingerprint density at radius 3 is 1.91 bits per heavy atom. The lowest BCUT2D eigenvalue weighted by Crippen LogP contribution is -2.58. The van der Waals surface area contributed by atoms with Gasteiger partial charge < -0.3 is 9.64 Å². The fraction of sp³-hybridized carbons (Fsp3) is 0.944. The Kier molecular flexibility index (Phi) is 6.72. The molecule has 1 heterocycles. The highest BCUT2D eigenvalue weighted by Gasteiger charge is 2.37. The van der Waals surface area contributed by atoms with Crippen LogP contribution in [0.5, 0.6) is 0 Å². The number of rotatable bonds is 5. The summed E-state index contributed by atoms with van der Waals surface area (Å²) in [7, 11) is 0. The quantitative estimate of drug-likeness (QED) is 0.764. The van der Waals surface area contributed by atoms with Gasteiger partial charge in [-0.2, -0.15) is 0 Å². The summed E-state index contributed by atoms with van der Waals surface area (Å²) < 4.78 is 5.48. The molecular weight excluding hydrogens is 276 g/mol. The van der Waals surface area contributed by atoms with Gasteiger partial charge in [0.15, 0.2) is 0 Å². The highest BCUT2D eigenvalue weighted by molar-refractivity contribution is 5.68. The van der Waals surface area contributed by atoms with Crippen LogP contribution in [0.1, 0.15) is 67.7 Å². The van der Waals surface area contributed by atoms with Gasteiger partial charge in [-0.25, -0.2) is 4.79 Å². The maximum absolute atomic E-state index is 12.2. The van der Waals surface area contributed by atoms with Crippen molar-refractivity contribution < 1.29 is 9.53 Å². The van der Waals surface area contributed by atoms with Crippen molar-refractivity contribution in [3.8, 4) is 0 Å². The molecule has 1 aliphatic rings. The van der Waals surface area contributed by atoms with Crippen molar-refractivity contribution >= 4 is 6.09 Å². The third-order valence-electron chi connectivity index (χ3n) is 4.71. The third kappa shape index (κ3) is 5.15. The van der Waals surface area contributed by atoms with E-state index >= 15 is 0 Å². The van der Waals surface area contributed by atoms with Gasteiger partial charge >= 0.3 is 6.09 Å². The van der Waals surface area contributed by atoms with Gasteiger partial charge in [0, 0.05) is 31.7 Å². The van der Waals surface area contributed by atoms with Crippen LogP contribution in [0.15, 0.2) is 0 Å². The largest absolute Gasteiger partial charge is 0.444 e. The fourth-order valence-electron chi connectivity index (χ4n) is 3.56. The maximum atomic E-state index is 12.2. The van der Waals surface area contributed by atoms with E-state index in [0.717, 1.165) is 26.2 Å². The average Bonchev–Trinajstić information content (AvgIpc) is 2.43. The lowest BCUT2D eigenvalue weighted by Gasteiger charge is -2.48. The second-order valence-corrected chi connectivity index (χ2v) is 7.98. The molecule has 0 aromatic rings. The molecule has 0 spiro atoms. The Labute approximate surface area is 137 Å². The summed E-state index contributed by atoms with van der Waals surface area (Å²) in [6.07, 6.45) is 3.41. The van der Waals surface area contributed by atoms with Crippen LogP contribution in [0.25, 0.3) is 0 Å². The monoisotopic (exact) mass is 312 g/mol. The van der Waals surface area contributed by atoms with Crippen LogP contribution in [0.3, 0.4) is 0 Å². The molecule has 0 aromatic carbocycles. The molecule has 0 atom stereocenters. The second-order valence-electron chi connectivity index (χ2n) is 7.98. The molecule has 22 heavy (non-hydrogen) atoms. The van der Waals surface area contributed by atoms with Gasteiger partial charge in [0.2, 0.25) is 0 Å². The van der Waals surface area contributed by atoms with Gasteiger partial charge in [-0.15, -0.1) is 0 Å². The minimum Gasteiger partial charge on any atom is -0.444 e. The molecule has 4 heteroatoms. The molecule has 1 amide bonds. The van der Waals surface area contributed by atoms with E-state index < -0.39 is 5.60 Å². The number of nitrogens with zero attached hydrogens (tertiary/aromatic N) is 2. The van der Waals surface area contributed by atoms with Crippen molar-refractivity contribution in [2.45, 2.75) is 78.9 Å². The first-order valence-corrected chi connectivity index (χ1v) is 8.86. The number of piperazine rings is 1. The topological polar surface area (TPSA) is 32.8 Å². The molecule has 0 bridgehead atoms. The first kappa shape index (κ1) is 19.3. The fourth-order valence-corrected chi connectivity index (χ4v) is 3.56. The van der Waals surface area contributed by atoms with Gasteiger partial charge in [-0.05, 0) is 46.0 Å². The molecule has 1 saturated heterocycles. The lowest BCUT2D eigenvalue weighted by molar-refractivity contribution is -0.0114. The highest BCUT2D eigenvalue weighted by atomic mass is 16.6. The van der Waals surface area contributed by atoms with Crippen LogP contribution in [0.2, 0.25) is 0 Å². The smallest absolute Gasteiger partial charge is 0.410 e. The summed E-state index contributed by atoms with van der Waals surface area (Å²) in [5, 5.41) is 0. The van der Waals surface area contributed by atoms with Crippen molar-refractivity contribution in [2.75, 3.05) is 26.2 Å². The maximum Gasteiger partial charge on any atom is 0.410 e. The first-order valence-electron chi connectivity index (χ1n) is 8.86. The van der Waals surface area contributed by atoms with E-state index in [1.165, 1.54) is 19.3 Å². The minimum atomic E-state index is -0.414.